The maximum absolute atomic E-state index is 12.3. The summed E-state index contributed by atoms with van der Waals surface area (Å²) in [5.74, 6) is 0.452. The van der Waals surface area contributed by atoms with Crippen molar-refractivity contribution in [3.05, 3.63) is 35.4 Å². The summed E-state index contributed by atoms with van der Waals surface area (Å²) in [5.41, 5.74) is 1.04. The summed E-state index contributed by atoms with van der Waals surface area (Å²) < 4.78 is 32.3. The van der Waals surface area contributed by atoms with Crippen LogP contribution >= 0.6 is 24.0 Å². The molecule has 0 bridgehead atoms. The highest BCUT2D eigenvalue weighted by Crippen LogP contribution is 2.12. The van der Waals surface area contributed by atoms with Crippen molar-refractivity contribution in [1.29, 1.82) is 0 Å². The molecule has 0 aliphatic heterocycles. The third-order valence-corrected chi connectivity index (χ3v) is 5.16. The molecule has 9 nitrogen and oxygen atoms in total. The average Bonchev–Trinajstić information content (AvgIpc) is 2.59. The lowest BCUT2D eigenvalue weighted by molar-refractivity contribution is 0.0529. The second-order valence-corrected chi connectivity index (χ2v) is 9.84. The molecule has 1 aromatic rings. The largest absolute Gasteiger partial charge is 0.444 e. The predicted molar refractivity (Wildman–Crippen MR) is 135 cm³/mol. The fourth-order valence-electron chi connectivity index (χ4n) is 2.54. The summed E-state index contributed by atoms with van der Waals surface area (Å²) in [6.45, 7) is 10.2. The molecule has 0 radical (unpaired) electrons. The Morgan fingerprint density at radius 2 is 1.65 bits per heavy atom. The Kier molecular flexibility index (Phi) is 13.0. The molecular formula is C20H36IN5O4S. The van der Waals surface area contributed by atoms with Crippen LogP contribution in [0.5, 0.6) is 0 Å². The molecule has 0 aliphatic rings. The summed E-state index contributed by atoms with van der Waals surface area (Å²) in [5, 5.41) is 8.91. The molecule has 0 aliphatic carbocycles. The van der Waals surface area contributed by atoms with Gasteiger partial charge in [-0.15, -0.1) is 24.0 Å². The Balaban J connectivity index is 0.00000900. The molecule has 0 saturated carbocycles. The quantitative estimate of drug-likeness (QED) is 0.157. The van der Waals surface area contributed by atoms with E-state index in [1.54, 1.807) is 47.7 Å². The topological polar surface area (TPSA) is 121 Å². The molecule has 1 rings (SSSR count). The van der Waals surface area contributed by atoms with Crippen molar-refractivity contribution >= 4 is 46.1 Å². The molecule has 1 amide bonds. The van der Waals surface area contributed by atoms with Crippen molar-refractivity contribution in [2.45, 2.75) is 58.6 Å². The van der Waals surface area contributed by atoms with E-state index < -0.39 is 21.7 Å². The monoisotopic (exact) mass is 569 g/mol. The van der Waals surface area contributed by atoms with Crippen LogP contribution in [0.15, 0.2) is 29.3 Å². The molecule has 31 heavy (non-hydrogen) atoms. The number of hydrogen-bond acceptors (Lipinski definition) is 5. The van der Waals surface area contributed by atoms with Crippen LogP contribution in [0.25, 0.3) is 0 Å². The zero-order valence-corrected chi connectivity index (χ0v) is 22.3. The molecule has 4 N–H and O–H groups in total. The van der Waals surface area contributed by atoms with Gasteiger partial charge in [-0.25, -0.2) is 17.9 Å². The number of nitrogens with one attached hydrogen (secondary N) is 4. The average molecular weight is 570 g/mol. The van der Waals surface area contributed by atoms with E-state index in [1.165, 1.54) is 0 Å². The minimum atomic E-state index is -3.42. The van der Waals surface area contributed by atoms with Gasteiger partial charge in [-0.2, -0.15) is 0 Å². The number of aliphatic imine (C=N–C) groups is 1. The third-order valence-electron chi connectivity index (χ3n) is 3.63. The van der Waals surface area contributed by atoms with Crippen molar-refractivity contribution in [3.63, 3.8) is 0 Å². The molecule has 178 valence electrons. The Morgan fingerprint density at radius 1 is 1.06 bits per heavy atom. The number of amides is 1. The Morgan fingerprint density at radius 3 is 2.19 bits per heavy atom. The van der Waals surface area contributed by atoms with Crippen LogP contribution in [0.1, 0.15) is 45.7 Å². The number of carbonyl (C=O) groups is 1. The molecule has 0 saturated heterocycles. The van der Waals surface area contributed by atoms with Crippen molar-refractivity contribution in [3.8, 4) is 0 Å². The lowest BCUT2D eigenvalue weighted by atomic mass is 10.1. The van der Waals surface area contributed by atoms with E-state index in [2.05, 4.69) is 25.7 Å². The molecule has 0 atom stereocenters. The first-order valence-corrected chi connectivity index (χ1v) is 11.6. The maximum Gasteiger partial charge on any atom is 0.407 e. The number of sulfonamides is 1. The van der Waals surface area contributed by atoms with Gasteiger partial charge in [0.25, 0.3) is 0 Å². The van der Waals surface area contributed by atoms with Gasteiger partial charge in [-0.05, 0) is 45.7 Å². The second-order valence-electron chi connectivity index (χ2n) is 8.08. The van der Waals surface area contributed by atoms with Gasteiger partial charge in [0.2, 0.25) is 10.0 Å². The number of halogens is 1. The smallest absolute Gasteiger partial charge is 0.407 e. The van der Waals surface area contributed by atoms with Crippen molar-refractivity contribution in [2.24, 2.45) is 4.99 Å². The maximum atomic E-state index is 12.3. The van der Waals surface area contributed by atoms with Crippen LogP contribution < -0.4 is 20.7 Å². The number of hydrogen-bond donors (Lipinski definition) is 4. The zero-order chi connectivity index (χ0) is 22.8. The highest BCUT2D eigenvalue weighted by Gasteiger charge is 2.16. The van der Waals surface area contributed by atoms with E-state index >= 15 is 0 Å². The van der Waals surface area contributed by atoms with Crippen LogP contribution in [-0.2, 0) is 27.1 Å². The van der Waals surface area contributed by atoms with Crippen LogP contribution in [0.4, 0.5) is 4.79 Å². The fraction of sp³-hybridized carbons (Fsp3) is 0.600. The first-order valence-electron chi connectivity index (χ1n) is 9.90. The zero-order valence-electron chi connectivity index (χ0n) is 19.1. The van der Waals surface area contributed by atoms with Gasteiger partial charge in [0, 0.05) is 32.7 Å². The van der Waals surface area contributed by atoms with E-state index in [4.69, 9.17) is 4.74 Å². The Bertz CT molecular complexity index is 823. The SMILES string of the molecule is CN=C(NCCNC(=O)OC(C)(C)C)NCc1ccccc1CS(=O)(=O)NC(C)C.I. The summed E-state index contributed by atoms with van der Waals surface area (Å²) in [4.78, 5) is 15.8. The number of nitrogens with zero attached hydrogens (tertiary/aromatic N) is 1. The molecule has 0 fully saturated rings. The number of alkyl carbamates (subject to hydrolysis) is 1. The number of guanidine groups is 1. The van der Waals surface area contributed by atoms with Crippen LogP contribution in [0, 0.1) is 0 Å². The summed E-state index contributed by atoms with van der Waals surface area (Å²) >= 11 is 0. The van der Waals surface area contributed by atoms with Gasteiger partial charge in [0.05, 0.1) is 5.75 Å². The molecule has 0 heterocycles. The normalized spacial score (nSPS) is 12.2. The van der Waals surface area contributed by atoms with E-state index in [0.717, 1.165) is 11.1 Å². The molecule has 0 spiro atoms. The summed E-state index contributed by atoms with van der Waals surface area (Å²) in [7, 11) is -1.78. The predicted octanol–water partition coefficient (Wildman–Crippen LogP) is 2.32. The third kappa shape index (κ3) is 13.4. The minimum Gasteiger partial charge on any atom is -0.444 e. The lowest BCUT2D eigenvalue weighted by Crippen LogP contribution is -2.42. The Labute approximate surface area is 203 Å². The number of ether oxygens (including phenoxy) is 1. The first kappa shape index (κ1) is 29.4. The Hall–Kier alpha value is -1.60. The van der Waals surface area contributed by atoms with Crippen molar-refractivity contribution in [1.82, 2.24) is 20.7 Å². The summed E-state index contributed by atoms with van der Waals surface area (Å²) in [6, 6.07) is 7.21. The lowest BCUT2D eigenvalue weighted by Gasteiger charge is -2.20. The van der Waals surface area contributed by atoms with Crippen molar-refractivity contribution in [2.75, 3.05) is 20.1 Å². The van der Waals surface area contributed by atoms with Gasteiger partial charge in [-0.1, -0.05) is 24.3 Å². The van der Waals surface area contributed by atoms with Gasteiger partial charge in [-0.3, -0.25) is 4.99 Å². The van der Waals surface area contributed by atoms with Crippen LogP contribution in [-0.4, -0.2) is 52.3 Å². The van der Waals surface area contributed by atoms with E-state index in [-0.39, 0.29) is 35.8 Å². The molecule has 0 aromatic heterocycles. The van der Waals surface area contributed by atoms with Gasteiger partial charge in [0.1, 0.15) is 5.60 Å². The molecule has 1 aromatic carbocycles. The van der Waals surface area contributed by atoms with Crippen LogP contribution in [0.2, 0.25) is 0 Å². The highest BCUT2D eigenvalue weighted by atomic mass is 127. The summed E-state index contributed by atoms with van der Waals surface area (Å²) in [6.07, 6.45) is -0.475. The second kappa shape index (κ2) is 13.7. The minimum absolute atomic E-state index is 0. The molecule has 11 heteroatoms. The number of rotatable bonds is 9. The van der Waals surface area contributed by atoms with E-state index in [1.807, 2.05) is 18.2 Å². The molecule has 0 unspecified atom stereocenters. The number of carbonyl (C=O) groups excluding carboxylic acids is 1. The van der Waals surface area contributed by atoms with E-state index in [0.29, 0.717) is 25.6 Å². The highest BCUT2D eigenvalue weighted by molar-refractivity contribution is 14.0. The molecular weight excluding hydrogens is 533 g/mol. The van der Waals surface area contributed by atoms with Gasteiger partial charge >= 0.3 is 6.09 Å². The van der Waals surface area contributed by atoms with Gasteiger partial charge in [0.15, 0.2) is 5.96 Å². The number of benzene rings is 1. The van der Waals surface area contributed by atoms with E-state index in [9.17, 15) is 13.2 Å². The fourth-order valence-corrected chi connectivity index (χ4v) is 4.03. The van der Waals surface area contributed by atoms with Crippen molar-refractivity contribution < 1.29 is 17.9 Å². The first-order chi connectivity index (χ1) is 13.9. The standard InChI is InChI=1S/C20H35N5O4S.HI/c1-15(2)25-30(27,28)14-17-10-8-7-9-16(17)13-24-18(21-6)22-11-12-23-19(26)29-20(3,4)5;/h7-10,15,25H,11-14H2,1-6H3,(H,23,26)(H2,21,22,24);1H. The van der Waals surface area contributed by atoms with Crippen LogP contribution in [0.3, 0.4) is 0 Å². The van der Waals surface area contributed by atoms with Gasteiger partial charge < -0.3 is 20.7 Å².